The highest BCUT2D eigenvalue weighted by Gasteiger charge is 2.26. The Morgan fingerprint density at radius 1 is 1.50 bits per heavy atom. The van der Waals surface area contributed by atoms with Gasteiger partial charge in [-0.25, -0.2) is 9.37 Å². The van der Waals surface area contributed by atoms with E-state index < -0.39 is 0 Å². The number of H-pyrrole nitrogens is 1. The maximum atomic E-state index is 13.3. The lowest BCUT2D eigenvalue weighted by Gasteiger charge is -2.34. The highest BCUT2D eigenvalue weighted by Crippen LogP contribution is 2.30. The van der Waals surface area contributed by atoms with Crippen molar-refractivity contribution in [3.63, 3.8) is 0 Å². The summed E-state index contributed by atoms with van der Waals surface area (Å²) in [6.45, 7) is 1.59. The van der Waals surface area contributed by atoms with Crippen molar-refractivity contribution in [1.29, 1.82) is 0 Å². The molecule has 1 saturated heterocycles. The standard InChI is InChI=1S/C16H20FN3O2/c1-22-15(21)7-9-20-8-3-2-4-14(20)16-18-12-6-5-11(17)10-13(12)19-16/h5-6,10,14H,2-4,7-9H2,1H3,(H,18,19). The number of rotatable bonds is 4. The Hall–Kier alpha value is -1.95. The van der Waals surface area contributed by atoms with Crippen LogP contribution in [0.5, 0.6) is 0 Å². The third kappa shape index (κ3) is 3.11. The number of carbonyl (C=O) groups excluding carboxylic acids is 1. The lowest BCUT2D eigenvalue weighted by atomic mass is 10.0. The third-order valence-corrected chi connectivity index (χ3v) is 4.22. The van der Waals surface area contributed by atoms with Crippen LogP contribution in [0.4, 0.5) is 4.39 Å². The monoisotopic (exact) mass is 305 g/mol. The first kappa shape index (κ1) is 15.0. The van der Waals surface area contributed by atoms with E-state index in [0.717, 1.165) is 37.1 Å². The fourth-order valence-electron chi connectivity index (χ4n) is 3.06. The van der Waals surface area contributed by atoms with Crippen molar-refractivity contribution in [1.82, 2.24) is 14.9 Å². The van der Waals surface area contributed by atoms with Gasteiger partial charge in [-0.05, 0) is 37.6 Å². The van der Waals surface area contributed by atoms with Crippen molar-refractivity contribution in [2.45, 2.75) is 31.7 Å². The van der Waals surface area contributed by atoms with E-state index in [1.807, 2.05) is 0 Å². The molecule has 1 aromatic heterocycles. The molecule has 3 rings (SSSR count). The minimum atomic E-state index is -0.270. The molecule has 0 bridgehead atoms. The van der Waals surface area contributed by atoms with Gasteiger partial charge >= 0.3 is 5.97 Å². The second kappa shape index (κ2) is 6.44. The zero-order valence-electron chi connectivity index (χ0n) is 12.6. The fourth-order valence-corrected chi connectivity index (χ4v) is 3.06. The molecule has 1 unspecified atom stereocenters. The molecule has 118 valence electrons. The molecule has 1 aliphatic rings. The number of hydrogen-bond donors (Lipinski definition) is 1. The van der Waals surface area contributed by atoms with Crippen LogP contribution in [0.15, 0.2) is 18.2 Å². The first-order valence-electron chi connectivity index (χ1n) is 7.63. The van der Waals surface area contributed by atoms with Crippen LogP contribution in [0.25, 0.3) is 11.0 Å². The van der Waals surface area contributed by atoms with Crippen molar-refractivity contribution < 1.29 is 13.9 Å². The SMILES string of the molecule is COC(=O)CCN1CCCCC1c1nc2ccc(F)cc2[nH]1. The van der Waals surface area contributed by atoms with Crippen LogP contribution in [0, 0.1) is 5.82 Å². The summed E-state index contributed by atoms with van der Waals surface area (Å²) in [5.41, 5.74) is 1.49. The number of benzene rings is 1. The lowest BCUT2D eigenvalue weighted by Crippen LogP contribution is -2.35. The number of piperidine rings is 1. The van der Waals surface area contributed by atoms with E-state index in [2.05, 4.69) is 14.9 Å². The molecule has 0 aliphatic carbocycles. The average molecular weight is 305 g/mol. The number of hydrogen-bond acceptors (Lipinski definition) is 4. The number of halogens is 1. The molecule has 1 N–H and O–H groups in total. The van der Waals surface area contributed by atoms with Crippen molar-refractivity contribution in [3.8, 4) is 0 Å². The predicted octanol–water partition coefficient (Wildman–Crippen LogP) is 2.79. The zero-order valence-corrected chi connectivity index (χ0v) is 12.6. The number of nitrogens with one attached hydrogen (secondary N) is 1. The topological polar surface area (TPSA) is 58.2 Å². The van der Waals surface area contributed by atoms with E-state index in [-0.39, 0.29) is 17.8 Å². The van der Waals surface area contributed by atoms with E-state index in [9.17, 15) is 9.18 Å². The molecule has 0 radical (unpaired) electrons. The number of ether oxygens (including phenoxy) is 1. The quantitative estimate of drug-likeness (QED) is 0.883. The van der Waals surface area contributed by atoms with E-state index in [0.29, 0.717) is 18.5 Å². The second-order valence-electron chi connectivity index (χ2n) is 5.66. The summed E-state index contributed by atoms with van der Waals surface area (Å²) < 4.78 is 18.0. The zero-order chi connectivity index (χ0) is 15.5. The smallest absolute Gasteiger partial charge is 0.306 e. The molecule has 1 aromatic carbocycles. The third-order valence-electron chi connectivity index (χ3n) is 4.22. The van der Waals surface area contributed by atoms with Crippen molar-refractivity contribution in [2.24, 2.45) is 0 Å². The molecule has 2 aromatic rings. The van der Waals surface area contributed by atoms with Gasteiger partial charge in [0.2, 0.25) is 0 Å². The molecular formula is C16H20FN3O2. The van der Waals surface area contributed by atoms with Crippen LogP contribution in [0.1, 0.15) is 37.5 Å². The number of aromatic nitrogens is 2. The molecule has 0 saturated carbocycles. The minimum Gasteiger partial charge on any atom is -0.469 e. The molecule has 5 nitrogen and oxygen atoms in total. The molecule has 0 spiro atoms. The Bertz CT molecular complexity index is 670. The normalized spacial score (nSPS) is 19.5. The van der Waals surface area contributed by atoms with Crippen LogP contribution >= 0.6 is 0 Å². The largest absolute Gasteiger partial charge is 0.469 e. The van der Waals surface area contributed by atoms with Gasteiger partial charge in [0.25, 0.3) is 0 Å². The van der Waals surface area contributed by atoms with Crippen molar-refractivity contribution in [3.05, 3.63) is 29.8 Å². The number of fused-ring (bicyclic) bond motifs is 1. The van der Waals surface area contributed by atoms with Crippen molar-refractivity contribution >= 4 is 17.0 Å². The molecule has 1 fully saturated rings. The van der Waals surface area contributed by atoms with Gasteiger partial charge in [0.1, 0.15) is 11.6 Å². The van der Waals surface area contributed by atoms with Crippen LogP contribution in [0.2, 0.25) is 0 Å². The van der Waals surface area contributed by atoms with Gasteiger partial charge < -0.3 is 9.72 Å². The van der Waals surface area contributed by atoms with E-state index in [4.69, 9.17) is 4.74 Å². The number of methoxy groups -OCH3 is 1. The fraction of sp³-hybridized carbons (Fsp3) is 0.500. The Balaban J connectivity index is 1.80. The maximum absolute atomic E-state index is 13.3. The van der Waals surface area contributed by atoms with Gasteiger partial charge in [-0.1, -0.05) is 6.42 Å². The van der Waals surface area contributed by atoms with Crippen LogP contribution in [-0.2, 0) is 9.53 Å². The van der Waals surface area contributed by atoms with Crippen LogP contribution in [-0.4, -0.2) is 41.0 Å². The molecule has 6 heteroatoms. The summed E-state index contributed by atoms with van der Waals surface area (Å²) in [6, 6.07) is 4.72. The molecule has 22 heavy (non-hydrogen) atoms. The Morgan fingerprint density at radius 2 is 2.36 bits per heavy atom. The second-order valence-corrected chi connectivity index (χ2v) is 5.66. The summed E-state index contributed by atoms with van der Waals surface area (Å²) >= 11 is 0. The number of esters is 1. The minimum absolute atomic E-state index is 0.147. The van der Waals surface area contributed by atoms with Gasteiger partial charge in [0.05, 0.1) is 30.6 Å². The molecule has 0 amide bonds. The van der Waals surface area contributed by atoms with E-state index in [1.165, 1.54) is 19.2 Å². The molecule has 2 heterocycles. The van der Waals surface area contributed by atoms with Gasteiger partial charge in [-0.3, -0.25) is 9.69 Å². The number of imidazole rings is 1. The summed E-state index contributed by atoms with van der Waals surface area (Å²) in [4.78, 5) is 21.4. The number of likely N-dealkylation sites (tertiary alicyclic amines) is 1. The average Bonchev–Trinajstić information content (AvgIpc) is 2.95. The van der Waals surface area contributed by atoms with Gasteiger partial charge in [-0.2, -0.15) is 0 Å². The number of aromatic amines is 1. The van der Waals surface area contributed by atoms with Crippen LogP contribution in [0.3, 0.4) is 0 Å². The highest BCUT2D eigenvalue weighted by molar-refractivity contribution is 5.75. The first-order chi connectivity index (χ1) is 10.7. The van der Waals surface area contributed by atoms with Gasteiger partial charge in [-0.15, -0.1) is 0 Å². The molecule has 1 aliphatic heterocycles. The Morgan fingerprint density at radius 3 is 3.18 bits per heavy atom. The van der Waals surface area contributed by atoms with Gasteiger partial charge in [0.15, 0.2) is 0 Å². The summed E-state index contributed by atoms with van der Waals surface area (Å²) in [5, 5.41) is 0. The number of carbonyl (C=O) groups is 1. The number of nitrogens with zero attached hydrogens (tertiary/aromatic N) is 2. The van der Waals surface area contributed by atoms with Crippen molar-refractivity contribution in [2.75, 3.05) is 20.2 Å². The first-order valence-corrected chi connectivity index (χ1v) is 7.63. The van der Waals surface area contributed by atoms with E-state index in [1.54, 1.807) is 6.07 Å². The lowest BCUT2D eigenvalue weighted by molar-refractivity contribution is -0.141. The Kier molecular flexibility index (Phi) is 4.38. The van der Waals surface area contributed by atoms with E-state index >= 15 is 0 Å². The summed E-state index contributed by atoms with van der Waals surface area (Å²) in [7, 11) is 1.41. The highest BCUT2D eigenvalue weighted by atomic mass is 19.1. The summed E-state index contributed by atoms with van der Waals surface area (Å²) in [6.07, 6.45) is 3.61. The molecular weight excluding hydrogens is 285 g/mol. The Labute approximate surface area is 128 Å². The maximum Gasteiger partial charge on any atom is 0.306 e. The van der Waals surface area contributed by atoms with Crippen LogP contribution < -0.4 is 0 Å². The summed E-state index contributed by atoms with van der Waals surface area (Å²) in [5.74, 6) is 0.384. The molecule has 1 atom stereocenters. The predicted molar refractivity (Wildman–Crippen MR) is 80.8 cm³/mol. The van der Waals surface area contributed by atoms with Gasteiger partial charge in [0, 0.05) is 6.54 Å².